The third kappa shape index (κ3) is 3.90. The van der Waals surface area contributed by atoms with Crippen LogP contribution in [0.2, 0.25) is 5.02 Å². The predicted octanol–water partition coefficient (Wildman–Crippen LogP) is 3.43. The van der Waals surface area contributed by atoms with Crippen LogP contribution in [0.4, 0.5) is 0 Å². The van der Waals surface area contributed by atoms with E-state index in [1.807, 2.05) is 26.0 Å². The highest BCUT2D eigenvalue weighted by Gasteiger charge is 2.11. The van der Waals surface area contributed by atoms with Crippen molar-refractivity contribution in [3.63, 3.8) is 0 Å². The van der Waals surface area contributed by atoms with Gasteiger partial charge in [0.1, 0.15) is 18.1 Å². The third-order valence-corrected chi connectivity index (χ3v) is 3.76. The summed E-state index contributed by atoms with van der Waals surface area (Å²) in [4.78, 5) is 4.43. The lowest BCUT2D eigenvalue weighted by atomic mass is 10.1. The van der Waals surface area contributed by atoms with Crippen molar-refractivity contribution in [1.29, 1.82) is 0 Å². The van der Waals surface area contributed by atoms with Crippen molar-refractivity contribution in [2.24, 2.45) is 0 Å². The molecule has 2 aromatic heterocycles. The lowest BCUT2D eigenvalue weighted by molar-refractivity contribution is 0.296. The van der Waals surface area contributed by atoms with Gasteiger partial charge < -0.3 is 9.26 Å². The quantitative estimate of drug-likeness (QED) is 0.748. The molecule has 1 N–H and O–H groups in total. The van der Waals surface area contributed by atoms with Crippen molar-refractivity contribution in [3.8, 4) is 5.75 Å². The topological polar surface area (TPSA) is 76.8 Å². The molecule has 0 fully saturated rings. The molecule has 0 unspecified atom stereocenters. The number of halogens is 1. The number of hydrogen-bond acceptors (Lipinski definition) is 5. The van der Waals surface area contributed by atoms with Crippen molar-refractivity contribution < 1.29 is 9.26 Å². The minimum atomic E-state index is 0.318. The van der Waals surface area contributed by atoms with Gasteiger partial charge in [-0.15, -0.1) is 0 Å². The van der Waals surface area contributed by atoms with Crippen molar-refractivity contribution in [1.82, 2.24) is 20.3 Å². The van der Waals surface area contributed by atoms with E-state index in [9.17, 15) is 0 Å². The number of ether oxygens (including phenoxy) is 1. The summed E-state index contributed by atoms with van der Waals surface area (Å²) in [7, 11) is 0. The molecule has 120 valence electrons. The molecule has 3 aromatic rings. The average molecular weight is 333 g/mol. The van der Waals surface area contributed by atoms with E-state index in [0.29, 0.717) is 23.2 Å². The Hall–Kier alpha value is -2.34. The van der Waals surface area contributed by atoms with Crippen LogP contribution in [0.25, 0.3) is 0 Å². The fourth-order valence-electron chi connectivity index (χ4n) is 2.32. The Morgan fingerprint density at radius 2 is 2.13 bits per heavy atom. The van der Waals surface area contributed by atoms with Gasteiger partial charge in [-0.25, -0.2) is 4.98 Å². The number of hydrogen-bond donors (Lipinski definition) is 1. The maximum absolute atomic E-state index is 5.92. The fourth-order valence-corrected chi connectivity index (χ4v) is 2.50. The summed E-state index contributed by atoms with van der Waals surface area (Å²) in [6, 6.07) is 7.25. The summed E-state index contributed by atoms with van der Waals surface area (Å²) in [5.74, 6) is 2.97. The van der Waals surface area contributed by atoms with E-state index in [-0.39, 0.29) is 0 Å². The van der Waals surface area contributed by atoms with Crippen LogP contribution in [-0.2, 0) is 19.4 Å². The van der Waals surface area contributed by atoms with Crippen LogP contribution in [0.15, 0.2) is 28.8 Å². The van der Waals surface area contributed by atoms with Crippen molar-refractivity contribution in [2.45, 2.75) is 33.3 Å². The first kappa shape index (κ1) is 15.6. The van der Waals surface area contributed by atoms with Gasteiger partial charge in [0.25, 0.3) is 0 Å². The molecule has 0 aliphatic heterocycles. The van der Waals surface area contributed by atoms with Gasteiger partial charge in [0.05, 0.1) is 5.69 Å². The maximum Gasteiger partial charge on any atom is 0.162 e. The molecule has 0 bridgehead atoms. The maximum atomic E-state index is 5.92. The van der Waals surface area contributed by atoms with Crippen LogP contribution in [0.1, 0.15) is 28.7 Å². The molecule has 0 aliphatic rings. The van der Waals surface area contributed by atoms with E-state index in [2.05, 4.69) is 20.3 Å². The van der Waals surface area contributed by atoms with Gasteiger partial charge in [-0.3, -0.25) is 5.10 Å². The number of aromatic amines is 1. The molecule has 7 heteroatoms. The number of benzene rings is 1. The van der Waals surface area contributed by atoms with Crippen molar-refractivity contribution in [3.05, 3.63) is 58.0 Å². The minimum absolute atomic E-state index is 0.318. The van der Waals surface area contributed by atoms with Crippen LogP contribution in [0.5, 0.6) is 5.75 Å². The van der Waals surface area contributed by atoms with Gasteiger partial charge in [0.15, 0.2) is 11.6 Å². The Labute approximate surface area is 138 Å². The van der Waals surface area contributed by atoms with Crippen LogP contribution in [0.3, 0.4) is 0 Å². The molecule has 0 saturated heterocycles. The van der Waals surface area contributed by atoms with E-state index in [1.54, 1.807) is 12.1 Å². The molecular weight excluding hydrogens is 316 g/mol. The molecule has 6 nitrogen and oxygen atoms in total. The first-order valence-corrected chi connectivity index (χ1v) is 7.70. The lowest BCUT2D eigenvalue weighted by Crippen LogP contribution is -1.98. The highest BCUT2D eigenvalue weighted by molar-refractivity contribution is 6.30. The smallest absolute Gasteiger partial charge is 0.162 e. The van der Waals surface area contributed by atoms with Gasteiger partial charge in [0, 0.05) is 17.0 Å². The molecule has 0 saturated carbocycles. The lowest BCUT2D eigenvalue weighted by Gasteiger charge is -2.03. The minimum Gasteiger partial charge on any atom is -0.486 e. The second-order valence-electron chi connectivity index (χ2n) is 5.25. The fraction of sp³-hybridized carbons (Fsp3) is 0.312. The summed E-state index contributed by atoms with van der Waals surface area (Å²) in [5.41, 5.74) is 2.04. The van der Waals surface area contributed by atoms with E-state index in [0.717, 1.165) is 35.7 Å². The molecule has 0 amide bonds. The van der Waals surface area contributed by atoms with E-state index in [4.69, 9.17) is 20.9 Å². The molecule has 0 atom stereocenters. The monoisotopic (exact) mass is 332 g/mol. The van der Waals surface area contributed by atoms with E-state index in [1.165, 1.54) is 0 Å². The molecule has 23 heavy (non-hydrogen) atoms. The first-order chi connectivity index (χ1) is 11.1. The molecule has 0 aliphatic carbocycles. The summed E-state index contributed by atoms with van der Waals surface area (Å²) in [6.45, 7) is 4.17. The Morgan fingerprint density at radius 1 is 1.26 bits per heavy atom. The number of rotatable bonds is 6. The summed E-state index contributed by atoms with van der Waals surface area (Å²) >= 11 is 5.92. The Kier molecular flexibility index (Phi) is 4.62. The molecular formula is C16H17ClN4O2. The molecule has 2 heterocycles. The second-order valence-corrected chi connectivity index (χ2v) is 5.68. The van der Waals surface area contributed by atoms with Crippen LogP contribution in [-0.4, -0.2) is 20.3 Å². The third-order valence-electron chi connectivity index (χ3n) is 3.53. The zero-order valence-corrected chi connectivity index (χ0v) is 13.7. The van der Waals surface area contributed by atoms with Crippen molar-refractivity contribution >= 4 is 11.6 Å². The number of nitrogens with one attached hydrogen (secondary N) is 1. The van der Waals surface area contributed by atoms with E-state index >= 15 is 0 Å². The Balaban J connectivity index is 1.56. The highest BCUT2D eigenvalue weighted by atomic mass is 35.5. The molecule has 0 spiro atoms. The highest BCUT2D eigenvalue weighted by Crippen LogP contribution is 2.18. The second kappa shape index (κ2) is 6.83. The predicted molar refractivity (Wildman–Crippen MR) is 85.6 cm³/mol. The van der Waals surface area contributed by atoms with Crippen LogP contribution >= 0.6 is 11.6 Å². The zero-order valence-electron chi connectivity index (χ0n) is 13.0. The first-order valence-electron chi connectivity index (χ1n) is 7.32. The SMILES string of the molecule is Cc1noc(C)c1CCc1n[nH]c(COc2cccc(Cl)c2)n1. The van der Waals surface area contributed by atoms with Gasteiger partial charge in [-0.05, 0) is 38.5 Å². The average Bonchev–Trinajstić information content (AvgIpc) is 3.11. The molecule has 3 rings (SSSR count). The van der Waals surface area contributed by atoms with Crippen LogP contribution < -0.4 is 4.74 Å². The Bertz CT molecular complexity index is 777. The van der Waals surface area contributed by atoms with Gasteiger partial charge in [-0.1, -0.05) is 22.8 Å². The van der Waals surface area contributed by atoms with Crippen molar-refractivity contribution in [2.75, 3.05) is 0 Å². The summed E-state index contributed by atoms with van der Waals surface area (Å²) < 4.78 is 10.8. The normalized spacial score (nSPS) is 10.9. The van der Waals surface area contributed by atoms with Gasteiger partial charge in [0.2, 0.25) is 0 Å². The number of nitrogens with zero attached hydrogens (tertiary/aromatic N) is 3. The molecule has 0 radical (unpaired) electrons. The number of aryl methyl sites for hydroxylation is 3. The standard InChI is InChI=1S/C16H17ClN4O2/c1-10-14(11(2)23-21-10)6-7-15-18-16(20-19-15)9-22-13-5-3-4-12(17)8-13/h3-5,8H,6-7,9H2,1-2H3,(H,18,19,20). The van der Waals surface area contributed by atoms with Gasteiger partial charge in [-0.2, -0.15) is 5.10 Å². The summed E-state index contributed by atoms with van der Waals surface area (Å²) in [5, 5.41) is 11.7. The number of H-pyrrole nitrogens is 1. The molecule has 1 aromatic carbocycles. The van der Waals surface area contributed by atoms with Crippen LogP contribution in [0, 0.1) is 13.8 Å². The summed E-state index contributed by atoms with van der Waals surface area (Å²) in [6.07, 6.45) is 1.52. The number of aromatic nitrogens is 4. The zero-order chi connectivity index (χ0) is 16.2. The van der Waals surface area contributed by atoms with E-state index < -0.39 is 0 Å². The Morgan fingerprint density at radius 3 is 2.87 bits per heavy atom. The largest absolute Gasteiger partial charge is 0.486 e. The van der Waals surface area contributed by atoms with Gasteiger partial charge >= 0.3 is 0 Å².